The third kappa shape index (κ3) is 4.92. The highest BCUT2D eigenvalue weighted by molar-refractivity contribution is 5.75. The van der Waals surface area contributed by atoms with Crippen LogP contribution >= 0.6 is 0 Å². The van der Waals surface area contributed by atoms with Gasteiger partial charge in [0, 0.05) is 24.9 Å². The molecule has 0 aliphatic rings. The number of methoxy groups -OCH3 is 1. The van der Waals surface area contributed by atoms with Crippen molar-refractivity contribution in [1.29, 1.82) is 0 Å². The van der Waals surface area contributed by atoms with Gasteiger partial charge in [-0.25, -0.2) is 0 Å². The summed E-state index contributed by atoms with van der Waals surface area (Å²) in [5.41, 5.74) is 1.95. The van der Waals surface area contributed by atoms with E-state index in [1.54, 1.807) is 7.11 Å². The van der Waals surface area contributed by atoms with Crippen LogP contribution in [0.3, 0.4) is 0 Å². The average molecular weight is 351 g/mol. The Bertz CT molecular complexity index is 829. The van der Waals surface area contributed by atoms with E-state index in [9.17, 15) is 4.79 Å². The predicted octanol–water partition coefficient (Wildman–Crippen LogP) is 3.38. The number of carbonyl (C=O) groups excluding carboxylic acids is 1. The summed E-state index contributed by atoms with van der Waals surface area (Å²) in [6.07, 6.45) is 1.65. The van der Waals surface area contributed by atoms with Gasteiger partial charge in [0.2, 0.25) is 17.6 Å². The number of amides is 1. The number of aromatic nitrogens is 2. The molecule has 0 bridgehead atoms. The van der Waals surface area contributed by atoms with Crippen LogP contribution in [0.1, 0.15) is 24.3 Å². The second-order valence-electron chi connectivity index (χ2n) is 5.86. The predicted molar refractivity (Wildman–Crippen MR) is 97.5 cm³/mol. The third-order valence-electron chi connectivity index (χ3n) is 3.94. The van der Waals surface area contributed by atoms with Gasteiger partial charge in [-0.2, -0.15) is 4.98 Å². The van der Waals surface area contributed by atoms with E-state index in [0.29, 0.717) is 37.5 Å². The number of hydrogen-bond acceptors (Lipinski definition) is 5. The second-order valence-corrected chi connectivity index (χ2v) is 5.86. The lowest BCUT2D eigenvalue weighted by Crippen LogP contribution is -2.22. The molecule has 1 amide bonds. The first-order chi connectivity index (χ1) is 12.7. The van der Waals surface area contributed by atoms with Crippen molar-refractivity contribution in [3.8, 4) is 17.1 Å². The van der Waals surface area contributed by atoms with Crippen LogP contribution in [0.4, 0.5) is 0 Å². The van der Waals surface area contributed by atoms with Gasteiger partial charge < -0.3 is 14.6 Å². The van der Waals surface area contributed by atoms with E-state index >= 15 is 0 Å². The number of nitrogens with zero attached hydrogens (tertiary/aromatic N) is 2. The maximum absolute atomic E-state index is 11.9. The molecule has 134 valence electrons. The molecule has 0 atom stereocenters. The van der Waals surface area contributed by atoms with Crippen molar-refractivity contribution in [2.75, 3.05) is 7.11 Å². The van der Waals surface area contributed by atoms with Crippen molar-refractivity contribution < 1.29 is 14.1 Å². The lowest BCUT2D eigenvalue weighted by molar-refractivity contribution is -0.121. The molecule has 0 saturated carbocycles. The minimum Gasteiger partial charge on any atom is -0.497 e. The van der Waals surface area contributed by atoms with Crippen LogP contribution in [-0.2, 0) is 17.8 Å². The van der Waals surface area contributed by atoms with Crippen LogP contribution in [0, 0.1) is 0 Å². The van der Waals surface area contributed by atoms with Crippen LogP contribution in [-0.4, -0.2) is 23.2 Å². The largest absolute Gasteiger partial charge is 0.497 e. The minimum absolute atomic E-state index is 0.0174. The fourth-order valence-corrected chi connectivity index (χ4v) is 2.50. The van der Waals surface area contributed by atoms with Crippen molar-refractivity contribution in [3.63, 3.8) is 0 Å². The third-order valence-corrected chi connectivity index (χ3v) is 3.94. The second kappa shape index (κ2) is 8.80. The van der Waals surface area contributed by atoms with Gasteiger partial charge in [0.1, 0.15) is 5.75 Å². The zero-order valence-electron chi connectivity index (χ0n) is 14.6. The summed E-state index contributed by atoms with van der Waals surface area (Å²) < 4.78 is 10.4. The Labute approximate surface area is 152 Å². The van der Waals surface area contributed by atoms with Crippen molar-refractivity contribution in [1.82, 2.24) is 15.5 Å². The SMILES string of the molecule is COc1ccc(-c2noc(CCCC(=O)NCc3ccccc3)n2)cc1. The summed E-state index contributed by atoms with van der Waals surface area (Å²) in [5.74, 6) is 1.87. The monoisotopic (exact) mass is 351 g/mol. The highest BCUT2D eigenvalue weighted by Gasteiger charge is 2.10. The summed E-state index contributed by atoms with van der Waals surface area (Å²) in [4.78, 5) is 16.3. The van der Waals surface area contributed by atoms with E-state index in [0.717, 1.165) is 16.9 Å². The molecule has 0 unspecified atom stereocenters. The zero-order valence-corrected chi connectivity index (χ0v) is 14.6. The van der Waals surface area contributed by atoms with Gasteiger partial charge in [-0.15, -0.1) is 0 Å². The Hall–Kier alpha value is -3.15. The highest BCUT2D eigenvalue weighted by atomic mass is 16.5. The Balaban J connectivity index is 1.43. The number of aryl methyl sites for hydroxylation is 1. The van der Waals surface area contributed by atoms with Crippen molar-refractivity contribution >= 4 is 5.91 Å². The van der Waals surface area contributed by atoms with Crippen molar-refractivity contribution in [3.05, 3.63) is 66.1 Å². The molecule has 6 nitrogen and oxygen atoms in total. The van der Waals surface area contributed by atoms with Gasteiger partial charge in [0.15, 0.2) is 0 Å². The fraction of sp³-hybridized carbons (Fsp3) is 0.250. The molecule has 6 heteroatoms. The van der Waals surface area contributed by atoms with Gasteiger partial charge in [-0.3, -0.25) is 4.79 Å². The summed E-state index contributed by atoms with van der Waals surface area (Å²) in [7, 11) is 1.62. The lowest BCUT2D eigenvalue weighted by atomic mass is 10.2. The molecular weight excluding hydrogens is 330 g/mol. The van der Waals surface area contributed by atoms with E-state index in [1.165, 1.54) is 0 Å². The molecule has 0 aliphatic carbocycles. The van der Waals surface area contributed by atoms with Gasteiger partial charge in [0.25, 0.3) is 0 Å². The zero-order chi connectivity index (χ0) is 18.2. The summed E-state index contributed by atoms with van der Waals surface area (Å²) in [5, 5.41) is 6.90. The van der Waals surface area contributed by atoms with E-state index in [4.69, 9.17) is 9.26 Å². The molecule has 1 aromatic heterocycles. The Kier molecular flexibility index (Phi) is 5.98. The van der Waals surface area contributed by atoms with Crippen molar-refractivity contribution in [2.45, 2.75) is 25.8 Å². The first-order valence-corrected chi connectivity index (χ1v) is 8.52. The molecule has 0 saturated heterocycles. The minimum atomic E-state index is 0.0174. The molecule has 0 spiro atoms. The van der Waals surface area contributed by atoms with Crippen LogP contribution in [0.5, 0.6) is 5.75 Å². The summed E-state index contributed by atoms with van der Waals surface area (Å²) >= 11 is 0. The van der Waals surface area contributed by atoms with Crippen LogP contribution in [0.25, 0.3) is 11.4 Å². The van der Waals surface area contributed by atoms with E-state index in [-0.39, 0.29) is 5.91 Å². The van der Waals surface area contributed by atoms with Gasteiger partial charge in [-0.1, -0.05) is 35.5 Å². The highest BCUT2D eigenvalue weighted by Crippen LogP contribution is 2.20. The number of nitrogens with one attached hydrogen (secondary N) is 1. The maximum atomic E-state index is 11.9. The molecule has 26 heavy (non-hydrogen) atoms. The number of benzene rings is 2. The van der Waals surface area contributed by atoms with Crippen molar-refractivity contribution in [2.24, 2.45) is 0 Å². The quantitative estimate of drug-likeness (QED) is 0.673. The topological polar surface area (TPSA) is 77.2 Å². The van der Waals surface area contributed by atoms with Crippen LogP contribution < -0.4 is 10.1 Å². The van der Waals surface area contributed by atoms with Gasteiger partial charge >= 0.3 is 0 Å². The molecule has 3 aromatic rings. The number of ether oxygens (including phenoxy) is 1. The molecule has 0 radical (unpaired) electrons. The first kappa shape index (κ1) is 17.7. The number of carbonyl (C=O) groups is 1. The maximum Gasteiger partial charge on any atom is 0.226 e. The van der Waals surface area contributed by atoms with Crippen LogP contribution in [0.15, 0.2) is 59.1 Å². The normalized spacial score (nSPS) is 10.5. The van der Waals surface area contributed by atoms with E-state index in [1.807, 2.05) is 54.6 Å². The Morgan fingerprint density at radius 2 is 1.88 bits per heavy atom. The molecule has 2 aromatic carbocycles. The fourth-order valence-electron chi connectivity index (χ4n) is 2.50. The lowest BCUT2D eigenvalue weighted by Gasteiger charge is -2.04. The number of rotatable bonds is 8. The van der Waals surface area contributed by atoms with Gasteiger partial charge in [-0.05, 0) is 36.2 Å². The Morgan fingerprint density at radius 3 is 2.62 bits per heavy atom. The summed E-state index contributed by atoms with van der Waals surface area (Å²) in [6.45, 7) is 0.544. The van der Waals surface area contributed by atoms with E-state index < -0.39 is 0 Å². The molecule has 1 heterocycles. The molecule has 0 fully saturated rings. The smallest absolute Gasteiger partial charge is 0.226 e. The molecule has 3 rings (SSSR count). The van der Waals surface area contributed by atoms with Crippen LogP contribution in [0.2, 0.25) is 0 Å². The first-order valence-electron chi connectivity index (χ1n) is 8.52. The average Bonchev–Trinajstić information content (AvgIpc) is 3.16. The molecular formula is C20H21N3O3. The molecule has 1 N–H and O–H groups in total. The van der Waals surface area contributed by atoms with Gasteiger partial charge in [0.05, 0.1) is 7.11 Å². The molecule has 0 aliphatic heterocycles. The Morgan fingerprint density at radius 1 is 1.12 bits per heavy atom. The summed E-state index contributed by atoms with van der Waals surface area (Å²) in [6, 6.07) is 17.3. The number of hydrogen-bond donors (Lipinski definition) is 1. The standard InChI is InChI=1S/C20H21N3O3/c1-25-17-12-10-16(11-13-17)20-22-19(26-23-20)9-5-8-18(24)21-14-15-6-3-2-4-7-15/h2-4,6-7,10-13H,5,8-9,14H2,1H3,(H,21,24). The van der Waals surface area contributed by atoms with E-state index in [2.05, 4.69) is 15.5 Å².